The minimum Gasteiger partial charge on any atom is -0.419 e. The zero-order chi connectivity index (χ0) is 19.1. The highest BCUT2D eigenvalue weighted by Crippen LogP contribution is 2.33. The van der Waals surface area contributed by atoms with Gasteiger partial charge < -0.3 is 8.98 Å². The topological polar surface area (TPSA) is 90.0 Å². The zero-order valence-corrected chi connectivity index (χ0v) is 15.7. The molecule has 9 heteroatoms. The fraction of sp³-hybridized carbons (Fsp3) is 0.294. The minimum atomic E-state index is -3.88. The van der Waals surface area contributed by atoms with Gasteiger partial charge in [-0.1, -0.05) is 6.92 Å². The lowest BCUT2D eigenvalue weighted by Crippen LogP contribution is -2.14. The summed E-state index contributed by atoms with van der Waals surface area (Å²) in [6, 6.07) is 5.12. The van der Waals surface area contributed by atoms with E-state index in [1.54, 1.807) is 25.5 Å². The summed E-state index contributed by atoms with van der Waals surface area (Å²) >= 11 is 0. The average Bonchev–Trinajstić information content (AvgIpc) is 3.13. The van der Waals surface area contributed by atoms with E-state index in [1.807, 2.05) is 6.92 Å². The Hall–Kier alpha value is -2.68. The van der Waals surface area contributed by atoms with Gasteiger partial charge in [0.2, 0.25) is 5.89 Å². The summed E-state index contributed by atoms with van der Waals surface area (Å²) in [5, 5.41) is 7.95. The predicted octanol–water partition coefficient (Wildman–Crippen LogP) is 3.19. The Morgan fingerprint density at radius 2 is 1.85 bits per heavy atom. The highest BCUT2D eigenvalue weighted by Gasteiger charge is 2.29. The van der Waals surface area contributed by atoms with Crippen LogP contribution >= 0.6 is 0 Å². The van der Waals surface area contributed by atoms with Gasteiger partial charge in [-0.15, -0.1) is 10.2 Å². The summed E-state index contributed by atoms with van der Waals surface area (Å²) in [5.74, 6) is 0.311. The summed E-state index contributed by atoms with van der Waals surface area (Å²) in [6.07, 6.45) is 0.590. The third-order valence-electron chi connectivity index (χ3n) is 4.20. The first-order valence-electron chi connectivity index (χ1n) is 8.01. The minimum absolute atomic E-state index is 0.135. The molecule has 0 aliphatic rings. The van der Waals surface area contributed by atoms with Gasteiger partial charge in [0, 0.05) is 30.4 Å². The number of anilines is 1. The maximum absolute atomic E-state index is 13.0. The first-order valence-corrected chi connectivity index (χ1v) is 9.50. The van der Waals surface area contributed by atoms with Gasteiger partial charge in [0.1, 0.15) is 16.4 Å². The normalized spacial score (nSPS) is 11.7. The highest BCUT2D eigenvalue weighted by atomic mass is 32.2. The number of nitrogens with zero attached hydrogens (tertiary/aromatic N) is 3. The van der Waals surface area contributed by atoms with Crippen LogP contribution in [-0.2, 0) is 23.5 Å². The molecule has 26 heavy (non-hydrogen) atoms. The molecule has 0 bridgehead atoms. The fourth-order valence-electron chi connectivity index (χ4n) is 2.87. The van der Waals surface area contributed by atoms with Crippen molar-refractivity contribution in [1.82, 2.24) is 14.8 Å². The Morgan fingerprint density at radius 1 is 1.19 bits per heavy atom. The van der Waals surface area contributed by atoms with Gasteiger partial charge in [-0.05, 0) is 38.1 Å². The summed E-state index contributed by atoms with van der Waals surface area (Å²) < 4.78 is 48.6. The van der Waals surface area contributed by atoms with Crippen LogP contribution in [0.1, 0.15) is 24.1 Å². The second-order valence-corrected chi connectivity index (χ2v) is 7.53. The van der Waals surface area contributed by atoms with E-state index < -0.39 is 15.8 Å². The van der Waals surface area contributed by atoms with E-state index in [0.29, 0.717) is 29.3 Å². The van der Waals surface area contributed by atoms with Crippen LogP contribution in [0.15, 0.2) is 33.6 Å². The van der Waals surface area contributed by atoms with Gasteiger partial charge in [-0.3, -0.25) is 4.72 Å². The van der Waals surface area contributed by atoms with E-state index in [2.05, 4.69) is 14.9 Å². The molecule has 0 spiro atoms. The van der Waals surface area contributed by atoms with Crippen LogP contribution in [0.5, 0.6) is 0 Å². The first kappa shape index (κ1) is 18.1. The molecular weight excluding hydrogens is 359 g/mol. The van der Waals surface area contributed by atoms with E-state index in [-0.39, 0.29) is 16.5 Å². The Morgan fingerprint density at radius 3 is 2.42 bits per heavy atom. The van der Waals surface area contributed by atoms with E-state index in [4.69, 9.17) is 4.42 Å². The Kier molecular flexibility index (Phi) is 4.57. The van der Waals surface area contributed by atoms with Crippen molar-refractivity contribution in [3.63, 3.8) is 0 Å². The molecule has 0 aliphatic heterocycles. The number of halogens is 1. The van der Waals surface area contributed by atoms with Crippen LogP contribution in [0.4, 0.5) is 10.1 Å². The van der Waals surface area contributed by atoms with E-state index in [1.165, 1.54) is 24.3 Å². The van der Waals surface area contributed by atoms with E-state index in [0.717, 1.165) is 0 Å². The maximum atomic E-state index is 13.0. The number of aromatic nitrogens is 3. The van der Waals surface area contributed by atoms with Crippen molar-refractivity contribution in [2.24, 2.45) is 7.05 Å². The Labute approximate surface area is 150 Å². The highest BCUT2D eigenvalue weighted by molar-refractivity contribution is 7.92. The number of hydrogen-bond acceptors (Lipinski definition) is 5. The summed E-state index contributed by atoms with van der Waals surface area (Å²) in [7, 11) is -2.14. The summed E-state index contributed by atoms with van der Waals surface area (Å²) in [6.45, 7) is 5.28. The average molecular weight is 378 g/mol. The van der Waals surface area contributed by atoms with Crippen LogP contribution in [0, 0.1) is 19.7 Å². The van der Waals surface area contributed by atoms with Crippen molar-refractivity contribution < 1.29 is 17.2 Å². The van der Waals surface area contributed by atoms with Crippen molar-refractivity contribution in [3.05, 3.63) is 47.2 Å². The molecule has 0 radical (unpaired) electrons. The first-order chi connectivity index (χ1) is 12.2. The molecular formula is C17H19FN4O3S. The SMILES string of the molecule is CCc1nnc(-c2c(C)c(S(=O)(=O)Nc3ccc(F)cc3)c(C)n2C)o1. The summed E-state index contributed by atoms with van der Waals surface area (Å²) in [5.41, 5.74) is 1.87. The lowest BCUT2D eigenvalue weighted by atomic mass is 10.2. The maximum Gasteiger partial charge on any atom is 0.264 e. The van der Waals surface area contributed by atoms with Crippen molar-refractivity contribution in [1.29, 1.82) is 0 Å². The molecule has 2 heterocycles. The van der Waals surface area contributed by atoms with Gasteiger partial charge in [-0.2, -0.15) is 0 Å². The third kappa shape index (κ3) is 3.10. The van der Waals surface area contributed by atoms with Crippen LogP contribution in [-0.4, -0.2) is 23.2 Å². The molecule has 0 atom stereocenters. The van der Waals surface area contributed by atoms with Crippen molar-refractivity contribution in [2.75, 3.05) is 4.72 Å². The van der Waals surface area contributed by atoms with Crippen molar-refractivity contribution >= 4 is 15.7 Å². The van der Waals surface area contributed by atoms with Gasteiger partial charge >= 0.3 is 0 Å². The number of aryl methyl sites for hydroxylation is 1. The van der Waals surface area contributed by atoms with Gasteiger partial charge in [0.15, 0.2) is 0 Å². The molecule has 0 amide bonds. The van der Waals surface area contributed by atoms with Gasteiger partial charge in [0.25, 0.3) is 15.9 Å². The molecule has 0 unspecified atom stereocenters. The van der Waals surface area contributed by atoms with Crippen LogP contribution < -0.4 is 4.72 Å². The molecule has 1 aromatic carbocycles. The second kappa shape index (κ2) is 6.56. The molecule has 0 saturated heterocycles. The van der Waals surface area contributed by atoms with Crippen LogP contribution in [0.25, 0.3) is 11.6 Å². The van der Waals surface area contributed by atoms with Crippen molar-refractivity contribution in [3.8, 4) is 11.6 Å². The van der Waals surface area contributed by atoms with E-state index >= 15 is 0 Å². The molecule has 1 N–H and O–H groups in total. The van der Waals surface area contributed by atoms with Gasteiger partial charge in [-0.25, -0.2) is 12.8 Å². The number of sulfonamides is 1. The predicted molar refractivity (Wildman–Crippen MR) is 94.8 cm³/mol. The molecule has 0 saturated carbocycles. The lowest BCUT2D eigenvalue weighted by molar-refractivity contribution is 0.508. The zero-order valence-electron chi connectivity index (χ0n) is 14.9. The number of hydrogen-bond donors (Lipinski definition) is 1. The molecule has 0 fully saturated rings. The van der Waals surface area contributed by atoms with Gasteiger partial charge in [0.05, 0.1) is 0 Å². The number of nitrogens with one attached hydrogen (secondary N) is 1. The fourth-order valence-corrected chi connectivity index (χ4v) is 4.44. The van der Waals surface area contributed by atoms with Crippen LogP contribution in [0.2, 0.25) is 0 Å². The molecule has 0 aliphatic carbocycles. The Balaban J connectivity index is 2.07. The number of rotatable bonds is 5. The standard InChI is InChI=1S/C17H19FN4O3S/c1-5-14-19-20-17(25-14)15-10(2)16(11(3)22(15)4)26(23,24)21-13-8-6-12(18)7-9-13/h6-9,21H,5H2,1-4H3. The monoisotopic (exact) mass is 378 g/mol. The third-order valence-corrected chi connectivity index (χ3v) is 5.84. The number of benzene rings is 1. The molecule has 7 nitrogen and oxygen atoms in total. The van der Waals surface area contributed by atoms with E-state index in [9.17, 15) is 12.8 Å². The van der Waals surface area contributed by atoms with Crippen LogP contribution in [0.3, 0.4) is 0 Å². The molecule has 2 aromatic heterocycles. The smallest absolute Gasteiger partial charge is 0.264 e. The second-order valence-electron chi connectivity index (χ2n) is 5.91. The lowest BCUT2D eigenvalue weighted by Gasteiger charge is -2.09. The molecule has 138 valence electrons. The summed E-state index contributed by atoms with van der Waals surface area (Å²) in [4.78, 5) is 0.135. The largest absolute Gasteiger partial charge is 0.419 e. The quantitative estimate of drug-likeness (QED) is 0.736. The van der Waals surface area contributed by atoms with Crippen molar-refractivity contribution in [2.45, 2.75) is 32.1 Å². The Bertz CT molecular complexity index is 1050. The molecule has 3 aromatic rings. The molecule has 3 rings (SSSR count).